The Morgan fingerprint density at radius 2 is 0.945 bits per heavy atom. The van der Waals surface area contributed by atoms with Crippen molar-refractivity contribution < 1.29 is 0 Å². The Hall–Kier alpha value is -7.08. The van der Waals surface area contributed by atoms with E-state index in [9.17, 15) is 0 Å². The Morgan fingerprint density at radius 1 is 0.364 bits per heavy atom. The number of benzene rings is 8. The summed E-state index contributed by atoms with van der Waals surface area (Å²) < 4.78 is 7.49. The molecule has 0 aliphatic heterocycles. The molecule has 0 aliphatic rings. The van der Waals surface area contributed by atoms with E-state index in [0.29, 0.717) is 5.95 Å². The Morgan fingerprint density at radius 3 is 1.76 bits per heavy atom. The third-order valence-corrected chi connectivity index (χ3v) is 12.8. The standard InChI is InChI=1S/C50H28N4S/c1-2-13-29(14-3-1)46-38-19-6-9-21-39(38)51-50(52-46)54-41-23-11-8-18-33(41)35-25-26-37-36-27-28-43-45-44-34(20-12-24-42(44)55-43)31-16-5-4-15-30(31)32-17-7-10-22-40(32)53(47(36)45)48(37)49(35)54/h1-28H. The number of nitrogens with zero attached hydrogens (tertiary/aromatic N) is 4. The minimum absolute atomic E-state index is 0.657. The van der Waals surface area contributed by atoms with Gasteiger partial charge in [0, 0.05) is 58.1 Å². The number of hydrogen-bond donors (Lipinski definition) is 0. The Bertz CT molecular complexity index is 3780. The summed E-state index contributed by atoms with van der Waals surface area (Å²) >= 11 is 1.88. The van der Waals surface area contributed by atoms with Gasteiger partial charge >= 0.3 is 0 Å². The molecule has 0 fully saturated rings. The van der Waals surface area contributed by atoms with Gasteiger partial charge in [-0.2, -0.15) is 0 Å². The first-order valence-electron chi connectivity index (χ1n) is 18.7. The number of rotatable bonds is 2. The van der Waals surface area contributed by atoms with Crippen molar-refractivity contribution in [2.24, 2.45) is 0 Å². The molecule has 0 bridgehead atoms. The maximum absolute atomic E-state index is 5.48. The number of para-hydroxylation sites is 3. The molecule has 0 unspecified atom stereocenters. The van der Waals surface area contributed by atoms with Crippen LogP contribution in [0.4, 0.5) is 0 Å². The van der Waals surface area contributed by atoms with E-state index in [2.05, 4.69) is 179 Å². The maximum atomic E-state index is 5.48. The van der Waals surface area contributed by atoms with Gasteiger partial charge in [0.2, 0.25) is 5.95 Å². The lowest BCUT2D eigenvalue weighted by Gasteiger charge is -2.12. The van der Waals surface area contributed by atoms with E-state index in [1.165, 1.54) is 68.8 Å². The van der Waals surface area contributed by atoms with Crippen molar-refractivity contribution in [3.8, 4) is 17.2 Å². The van der Waals surface area contributed by atoms with E-state index >= 15 is 0 Å². The highest BCUT2D eigenvalue weighted by atomic mass is 32.1. The molecule has 0 atom stereocenters. The maximum Gasteiger partial charge on any atom is 0.235 e. The molecule has 5 heteroatoms. The van der Waals surface area contributed by atoms with Crippen molar-refractivity contribution in [1.82, 2.24) is 18.9 Å². The molecule has 0 saturated heterocycles. The molecule has 0 aliphatic carbocycles. The Kier molecular flexibility index (Phi) is 5.74. The molecule has 8 aromatic carbocycles. The molecular weight excluding hydrogens is 689 g/mol. The van der Waals surface area contributed by atoms with Crippen LogP contribution in [0.25, 0.3) is 119 Å². The SMILES string of the molecule is c1ccc(-c2nc(-n3c4ccccc4c4ccc5c6ccc7sc8cccc9c%10ccccc%10c%10ccccc%10n(c6c7c89)c5c43)nc3ccccc23)cc1. The highest BCUT2D eigenvalue weighted by Gasteiger charge is 2.25. The van der Waals surface area contributed by atoms with Crippen LogP contribution in [0.5, 0.6) is 0 Å². The van der Waals surface area contributed by atoms with Gasteiger partial charge < -0.3 is 4.40 Å². The van der Waals surface area contributed by atoms with E-state index in [4.69, 9.17) is 9.97 Å². The summed E-state index contributed by atoms with van der Waals surface area (Å²) in [6.45, 7) is 0. The van der Waals surface area contributed by atoms with Crippen molar-refractivity contribution in [2.75, 3.05) is 0 Å². The molecule has 55 heavy (non-hydrogen) atoms. The van der Waals surface area contributed by atoms with Gasteiger partial charge in [-0.15, -0.1) is 11.3 Å². The van der Waals surface area contributed by atoms with E-state index in [-0.39, 0.29) is 0 Å². The molecule has 254 valence electrons. The minimum atomic E-state index is 0.657. The second kappa shape index (κ2) is 10.8. The predicted octanol–water partition coefficient (Wildman–Crippen LogP) is 13.6. The number of thiophene rings is 1. The van der Waals surface area contributed by atoms with E-state index < -0.39 is 0 Å². The van der Waals surface area contributed by atoms with Crippen LogP contribution < -0.4 is 0 Å². The molecule has 5 heterocycles. The molecule has 0 N–H and O–H groups in total. The van der Waals surface area contributed by atoms with Gasteiger partial charge in [0.1, 0.15) is 0 Å². The Balaban J connectivity index is 1.35. The zero-order valence-corrected chi connectivity index (χ0v) is 30.2. The number of fused-ring (bicyclic) bond motifs is 13. The van der Waals surface area contributed by atoms with Crippen molar-refractivity contribution in [3.63, 3.8) is 0 Å². The number of aromatic nitrogens is 4. The lowest BCUT2D eigenvalue weighted by Crippen LogP contribution is -2.04. The normalized spacial score (nSPS) is 12.4. The van der Waals surface area contributed by atoms with Gasteiger partial charge in [-0.05, 0) is 46.5 Å². The fraction of sp³-hybridized carbons (Fsp3) is 0. The van der Waals surface area contributed by atoms with Crippen molar-refractivity contribution in [1.29, 1.82) is 0 Å². The molecule has 0 spiro atoms. The number of hydrogen-bond acceptors (Lipinski definition) is 3. The van der Waals surface area contributed by atoms with Gasteiger partial charge in [0.05, 0.1) is 38.8 Å². The summed E-state index contributed by atoms with van der Waals surface area (Å²) in [5.74, 6) is 0.657. The van der Waals surface area contributed by atoms with E-state index in [1.807, 2.05) is 11.3 Å². The molecular formula is C50H28N4S. The van der Waals surface area contributed by atoms with Crippen molar-refractivity contribution >= 4 is 113 Å². The van der Waals surface area contributed by atoms with Gasteiger partial charge in [-0.25, -0.2) is 9.97 Å². The fourth-order valence-electron chi connectivity index (χ4n) is 9.44. The van der Waals surface area contributed by atoms with Crippen LogP contribution in [0, 0.1) is 0 Å². The van der Waals surface area contributed by atoms with E-state index in [1.54, 1.807) is 0 Å². The lowest BCUT2D eigenvalue weighted by molar-refractivity contribution is 1.01. The van der Waals surface area contributed by atoms with Crippen LogP contribution >= 0.6 is 11.3 Å². The van der Waals surface area contributed by atoms with E-state index in [0.717, 1.165) is 44.2 Å². The lowest BCUT2D eigenvalue weighted by atomic mass is 10.0. The average molecular weight is 717 g/mol. The summed E-state index contributed by atoms with van der Waals surface area (Å²) in [6.07, 6.45) is 0. The highest BCUT2D eigenvalue weighted by molar-refractivity contribution is 7.26. The molecule has 4 nitrogen and oxygen atoms in total. The van der Waals surface area contributed by atoms with Gasteiger partial charge in [0.25, 0.3) is 0 Å². The third-order valence-electron chi connectivity index (χ3n) is 11.7. The average Bonchev–Trinajstić information content (AvgIpc) is 3.92. The zero-order valence-electron chi connectivity index (χ0n) is 29.4. The summed E-state index contributed by atoms with van der Waals surface area (Å²) in [7, 11) is 0. The minimum Gasteiger partial charge on any atom is -0.306 e. The van der Waals surface area contributed by atoms with Gasteiger partial charge in [0.15, 0.2) is 0 Å². The van der Waals surface area contributed by atoms with Crippen LogP contribution in [0.1, 0.15) is 0 Å². The quantitative estimate of drug-likeness (QED) is 0.179. The van der Waals surface area contributed by atoms with Crippen LogP contribution in [-0.4, -0.2) is 18.9 Å². The fourth-order valence-corrected chi connectivity index (χ4v) is 10.6. The summed E-state index contributed by atoms with van der Waals surface area (Å²) in [5, 5.41) is 13.4. The van der Waals surface area contributed by atoms with Crippen molar-refractivity contribution in [2.45, 2.75) is 0 Å². The zero-order chi connectivity index (χ0) is 35.8. The first kappa shape index (κ1) is 29.4. The third kappa shape index (κ3) is 3.84. The first-order valence-corrected chi connectivity index (χ1v) is 19.5. The highest BCUT2D eigenvalue weighted by Crippen LogP contribution is 2.48. The van der Waals surface area contributed by atoms with Crippen molar-refractivity contribution in [3.05, 3.63) is 170 Å². The van der Waals surface area contributed by atoms with Gasteiger partial charge in [-0.3, -0.25) is 4.57 Å². The van der Waals surface area contributed by atoms with Crippen LogP contribution in [0.15, 0.2) is 170 Å². The van der Waals surface area contributed by atoms with Crippen LogP contribution in [0.2, 0.25) is 0 Å². The smallest absolute Gasteiger partial charge is 0.235 e. The molecule has 0 saturated carbocycles. The van der Waals surface area contributed by atoms with Gasteiger partial charge in [-0.1, -0.05) is 140 Å². The molecule has 0 amide bonds. The summed E-state index contributed by atoms with van der Waals surface area (Å²) in [6, 6.07) is 61.6. The topological polar surface area (TPSA) is 35.1 Å². The molecule has 13 rings (SSSR count). The van der Waals surface area contributed by atoms with Crippen LogP contribution in [-0.2, 0) is 0 Å². The van der Waals surface area contributed by atoms with Crippen LogP contribution in [0.3, 0.4) is 0 Å². The molecule has 5 aromatic heterocycles. The first-order chi connectivity index (χ1) is 27.3. The predicted molar refractivity (Wildman–Crippen MR) is 233 cm³/mol. The monoisotopic (exact) mass is 716 g/mol. The summed E-state index contributed by atoms with van der Waals surface area (Å²) in [5.41, 5.74) is 8.62. The second-order valence-electron chi connectivity index (χ2n) is 14.5. The summed E-state index contributed by atoms with van der Waals surface area (Å²) in [4.78, 5) is 10.8. The second-order valence-corrected chi connectivity index (χ2v) is 15.6. The Labute approximate surface area is 317 Å². The molecule has 13 aromatic rings. The molecule has 0 radical (unpaired) electrons. The largest absolute Gasteiger partial charge is 0.306 e.